The lowest BCUT2D eigenvalue weighted by molar-refractivity contribution is -0.126. The predicted molar refractivity (Wildman–Crippen MR) is 106 cm³/mol. The minimum Gasteiger partial charge on any atom is -0.335 e. The maximum Gasteiger partial charge on any atom is 0.246 e. The highest BCUT2D eigenvalue weighted by Crippen LogP contribution is 2.28. The summed E-state index contributed by atoms with van der Waals surface area (Å²) in [6, 6.07) is 24.5. The first-order chi connectivity index (χ1) is 12.3. The van der Waals surface area contributed by atoms with E-state index in [9.17, 15) is 4.79 Å². The van der Waals surface area contributed by atoms with E-state index in [1.807, 2.05) is 66.4 Å². The fourth-order valence-electron chi connectivity index (χ4n) is 2.61. The monoisotopic (exact) mass is 347 g/mol. The summed E-state index contributed by atoms with van der Waals surface area (Å²) in [7, 11) is 0. The zero-order valence-electron chi connectivity index (χ0n) is 14.3. The molecule has 0 aliphatic carbocycles. The molecule has 126 valence electrons. The van der Waals surface area contributed by atoms with E-state index < -0.39 is 0 Å². The van der Waals surface area contributed by atoms with Gasteiger partial charge in [-0.3, -0.25) is 4.79 Å². The van der Waals surface area contributed by atoms with Crippen molar-refractivity contribution in [1.29, 1.82) is 0 Å². The van der Waals surface area contributed by atoms with E-state index in [2.05, 4.69) is 24.3 Å². The second-order valence-corrected chi connectivity index (χ2v) is 6.85. The Kier molecular flexibility index (Phi) is 5.81. The number of hydrogen-bond acceptors (Lipinski definition) is 2. The molecule has 0 N–H and O–H groups in total. The fourth-order valence-corrected chi connectivity index (χ4v) is 3.52. The van der Waals surface area contributed by atoms with Crippen molar-refractivity contribution >= 4 is 23.3 Å². The van der Waals surface area contributed by atoms with Gasteiger partial charge < -0.3 is 4.90 Å². The van der Waals surface area contributed by atoms with Crippen LogP contribution < -0.4 is 0 Å². The standard InChI is InChI=1S/C22H21NOS/c1-2-23(17-18-9-5-3-6-10-18)22(24)16-14-20-13-15-21(25-20)19-11-7-4-8-12-19/h3-16H,2,17H2,1H3/b16-14+. The summed E-state index contributed by atoms with van der Waals surface area (Å²) in [4.78, 5) is 16.6. The molecule has 3 rings (SSSR count). The summed E-state index contributed by atoms with van der Waals surface area (Å²) >= 11 is 1.69. The zero-order chi connectivity index (χ0) is 17.5. The maximum absolute atomic E-state index is 12.5. The number of nitrogens with zero attached hydrogens (tertiary/aromatic N) is 1. The molecule has 0 saturated carbocycles. The zero-order valence-corrected chi connectivity index (χ0v) is 15.1. The molecule has 0 spiro atoms. The number of carbonyl (C=O) groups is 1. The Morgan fingerprint density at radius 2 is 1.64 bits per heavy atom. The van der Waals surface area contributed by atoms with Crippen LogP contribution in [0.2, 0.25) is 0 Å². The molecule has 3 heteroatoms. The molecule has 0 radical (unpaired) electrons. The van der Waals surface area contributed by atoms with Crippen molar-refractivity contribution in [3.05, 3.63) is 89.3 Å². The Labute approximate surface area is 153 Å². The Morgan fingerprint density at radius 1 is 0.960 bits per heavy atom. The third kappa shape index (κ3) is 4.68. The molecule has 0 aliphatic heterocycles. The molecule has 0 aliphatic rings. The van der Waals surface area contributed by atoms with Gasteiger partial charge in [0, 0.05) is 28.9 Å². The average Bonchev–Trinajstić information content (AvgIpc) is 3.15. The first-order valence-corrected chi connectivity index (χ1v) is 9.24. The van der Waals surface area contributed by atoms with E-state index in [0.717, 1.165) is 10.4 Å². The van der Waals surface area contributed by atoms with Gasteiger partial charge in [-0.15, -0.1) is 11.3 Å². The van der Waals surface area contributed by atoms with Gasteiger partial charge in [0.2, 0.25) is 5.91 Å². The van der Waals surface area contributed by atoms with Crippen LogP contribution in [-0.2, 0) is 11.3 Å². The molecule has 0 bridgehead atoms. The summed E-state index contributed by atoms with van der Waals surface area (Å²) in [6.45, 7) is 3.34. The van der Waals surface area contributed by atoms with E-state index in [4.69, 9.17) is 0 Å². The lowest BCUT2D eigenvalue weighted by Gasteiger charge is -2.19. The highest BCUT2D eigenvalue weighted by atomic mass is 32.1. The molecule has 3 aromatic rings. The van der Waals surface area contributed by atoms with Crippen molar-refractivity contribution < 1.29 is 4.79 Å². The molecule has 0 atom stereocenters. The van der Waals surface area contributed by atoms with E-state index in [0.29, 0.717) is 13.1 Å². The normalized spacial score (nSPS) is 10.9. The van der Waals surface area contributed by atoms with Crippen LogP contribution in [0.25, 0.3) is 16.5 Å². The van der Waals surface area contributed by atoms with Gasteiger partial charge in [0.15, 0.2) is 0 Å². The number of amides is 1. The van der Waals surface area contributed by atoms with Crippen molar-refractivity contribution in [2.45, 2.75) is 13.5 Å². The third-order valence-electron chi connectivity index (χ3n) is 3.98. The van der Waals surface area contributed by atoms with Crippen molar-refractivity contribution in [2.75, 3.05) is 6.54 Å². The molecule has 2 nitrogen and oxygen atoms in total. The molecule has 0 fully saturated rings. The Morgan fingerprint density at radius 3 is 2.32 bits per heavy atom. The number of thiophene rings is 1. The van der Waals surface area contributed by atoms with Gasteiger partial charge in [-0.25, -0.2) is 0 Å². The van der Waals surface area contributed by atoms with Gasteiger partial charge in [-0.1, -0.05) is 60.7 Å². The first-order valence-electron chi connectivity index (χ1n) is 8.42. The Bertz CT molecular complexity index is 837. The van der Waals surface area contributed by atoms with Crippen molar-refractivity contribution in [3.8, 4) is 10.4 Å². The van der Waals surface area contributed by atoms with E-state index in [1.165, 1.54) is 10.4 Å². The van der Waals surface area contributed by atoms with Crippen molar-refractivity contribution in [2.24, 2.45) is 0 Å². The van der Waals surface area contributed by atoms with Crippen molar-refractivity contribution in [1.82, 2.24) is 4.90 Å². The highest BCUT2D eigenvalue weighted by molar-refractivity contribution is 7.16. The quantitative estimate of drug-likeness (QED) is 0.541. The van der Waals surface area contributed by atoms with Gasteiger partial charge in [-0.05, 0) is 36.3 Å². The Hall–Kier alpha value is -2.65. The predicted octanol–water partition coefficient (Wildman–Crippen LogP) is 5.48. The molecule has 0 saturated heterocycles. The topological polar surface area (TPSA) is 20.3 Å². The molecular weight excluding hydrogens is 326 g/mol. The minimum atomic E-state index is 0.0426. The average molecular weight is 347 g/mol. The van der Waals surface area contributed by atoms with Crippen LogP contribution in [-0.4, -0.2) is 17.4 Å². The van der Waals surface area contributed by atoms with Gasteiger partial charge in [0.05, 0.1) is 0 Å². The molecule has 2 aromatic carbocycles. The summed E-state index contributed by atoms with van der Waals surface area (Å²) < 4.78 is 0. The highest BCUT2D eigenvalue weighted by Gasteiger charge is 2.09. The molecule has 1 amide bonds. The lowest BCUT2D eigenvalue weighted by atomic mass is 10.2. The fraction of sp³-hybridized carbons (Fsp3) is 0.136. The van der Waals surface area contributed by atoms with Gasteiger partial charge >= 0.3 is 0 Å². The van der Waals surface area contributed by atoms with Crippen LogP contribution in [0.15, 0.2) is 78.9 Å². The van der Waals surface area contributed by atoms with Crippen LogP contribution >= 0.6 is 11.3 Å². The van der Waals surface area contributed by atoms with Crippen LogP contribution in [0.3, 0.4) is 0 Å². The third-order valence-corrected chi connectivity index (χ3v) is 5.08. The van der Waals surface area contributed by atoms with Crippen LogP contribution in [0.4, 0.5) is 0 Å². The largest absolute Gasteiger partial charge is 0.335 e. The van der Waals surface area contributed by atoms with Crippen LogP contribution in [0.1, 0.15) is 17.4 Å². The van der Waals surface area contributed by atoms with Gasteiger partial charge in [0.1, 0.15) is 0 Å². The smallest absolute Gasteiger partial charge is 0.246 e. The summed E-state index contributed by atoms with van der Waals surface area (Å²) in [6.07, 6.45) is 3.58. The van der Waals surface area contributed by atoms with E-state index >= 15 is 0 Å². The number of rotatable bonds is 6. The van der Waals surface area contributed by atoms with Crippen LogP contribution in [0, 0.1) is 0 Å². The minimum absolute atomic E-state index is 0.0426. The molecular formula is C22H21NOS. The van der Waals surface area contributed by atoms with Gasteiger partial charge in [0.25, 0.3) is 0 Å². The SMILES string of the molecule is CCN(Cc1ccccc1)C(=O)/C=C/c1ccc(-c2ccccc2)s1. The van der Waals surface area contributed by atoms with Crippen LogP contribution in [0.5, 0.6) is 0 Å². The first kappa shape index (κ1) is 17.2. The maximum atomic E-state index is 12.5. The summed E-state index contributed by atoms with van der Waals surface area (Å²) in [5, 5.41) is 0. The number of likely N-dealkylation sites (N-methyl/N-ethyl adjacent to an activating group) is 1. The number of hydrogen-bond donors (Lipinski definition) is 0. The van der Waals surface area contributed by atoms with Gasteiger partial charge in [-0.2, -0.15) is 0 Å². The van der Waals surface area contributed by atoms with Crippen molar-refractivity contribution in [3.63, 3.8) is 0 Å². The second kappa shape index (κ2) is 8.45. The van der Waals surface area contributed by atoms with E-state index in [1.54, 1.807) is 17.4 Å². The molecule has 25 heavy (non-hydrogen) atoms. The van der Waals surface area contributed by atoms with E-state index in [-0.39, 0.29) is 5.91 Å². The summed E-state index contributed by atoms with van der Waals surface area (Å²) in [5.74, 6) is 0.0426. The Balaban J connectivity index is 1.66. The summed E-state index contributed by atoms with van der Waals surface area (Å²) in [5.41, 5.74) is 2.35. The lowest BCUT2D eigenvalue weighted by Crippen LogP contribution is -2.28. The second-order valence-electron chi connectivity index (χ2n) is 5.74. The molecule has 0 unspecified atom stereocenters. The number of benzene rings is 2. The molecule has 1 heterocycles. The molecule has 1 aromatic heterocycles. The number of carbonyl (C=O) groups excluding carboxylic acids is 1.